The third-order valence-corrected chi connectivity index (χ3v) is 3.20. The molecule has 0 fully saturated rings. The maximum atomic E-state index is 5.60. The monoisotopic (exact) mass is 265 g/mol. The Labute approximate surface area is 115 Å². The largest absolute Gasteiger partial charge is 0.493 e. The summed E-state index contributed by atoms with van der Waals surface area (Å²) in [5.74, 6) is 1.05. The van der Waals surface area contributed by atoms with Gasteiger partial charge in [-0.3, -0.25) is 0 Å². The van der Waals surface area contributed by atoms with Crippen molar-refractivity contribution in [1.82, 2.24) is 5.32 Å². The Morgan fingerprint density at radius 2 is 2.11 bits per heavy atom. The molecule has 0 aliphatic carbocycles. The topological polar surface area (TPSA) is 39.7 Å². The summed E-state index contributed by atoms with van der Waals surface area (Å²) in [5.41, 5.74) is 2.66. The van der Waals surface area contributed by atoms with Gasteiger partial charge in [-0.15, -0.1) is 0 Å². The highest BCUT2D eigenvalue weighted by atomic mass is 16.5. The van der Waals surface area contributed by atoms with Crippen LogP contribution < -0.4 is 10.1 Å². The molecule has 0 atom stereocenters. The van der Waals surface area contributed by atoms with Gasteiger partial charge in [0.25, 0.3) is 0 Å². The maximum Gasteiger partial charge on any atom is 0.122 e. The van der Waals surface area contributed by atoms with Crippen LogP contribution in [-0.4, -0.2) is 46.6 Å². The van der Waals surface area contributed by atoms with Crippen LogP contribution >= 0.6 is 0 Å². The first kappa shape index (κ1) is 14.3. The normalized spacial score (nSPS) is 13.3. The molecular formula is C15H23NO3. The van der Waals surface area contributed by atoms with Crippen molar-refractivity contribution in [3.63, 3.8) is 0 Å². The lowest BCUT2D eigenvalue weighted by Crippen LogP contribution is -2.23. The maximum absolute atomic E-state index is 5.60. The zero-order chi connectivity index (χ0) is 13.3. The van der Waals surface area contributed by atoms with E-state index in [1.807, 2.05) is 0 Å². The summed E-state index contributed by atoms with van der Waals surface area (Å²) in [6, 6.07) is 6.44. The van der Waals surface area contributed by atoms with Gasteiger partial charge in [0.15, 0.2) is 0 Å². The molecule has 0 amide bonds. The van der Waals surface area contributed by atoms with Crippen molar-refractivity contribution in [3.05, 3.63) is 29.3 Å². The molecule has 0 bridgehead atoms. The van der Waals surface area contributed by atoms with Gasteiger partial charge < -0.3 is 19.5 Å². The summed E-state index contributed by atoms with van der Waals surface area (Å²) >= 11 is 0. The highest BCUT2D eigenvalue weighted by Crippen LogP contribution is 2.25. The van der Waals surface area contributed by atoms with Crippen LogP contribution in [0.25, 0.3) is 0 Å². The van der Waals surface area contributed by atoms with Gasteiger partial charge in [-0.1, -0.05) is 12.1 Å². The van der Waals surface area contributed by atoms with Crippen LogP contribution in [0.5, 0.6) is 5.75 Å². The molecule has 0 saturated heterocycles. The summed E-state index contributed by atoms with van der Waals surface area (Å²) in [6.07, 6.45) is 2.00. The predicted molar refractivity (Wildman–Crippen MR) is 74.9 cm³/mol. The molecule has 0 saturated carbocycles. The summed E-state index contributed by atoms with van der Waals surface area (Å²) in [6.45, 7) is 4.84. The van der Waals surface area contributed by atoms with Gasteiger partial charge >= 0.3 is 0 Å². The quantitative estimate of drug-likeness (QED) is 0.685. The van der Waals surface area contributed by atoms with Crippen LogP contribution in [-0.2, 0) is 22.3 Å². The molecule has 0 spiro atoms. The second-order valence-electron chi connectivity index (χ2n) is 4.65. The van der Waals surface area contributed by atoms with E-state index in [0.717, 1.165) is 58.1 Å². The summed E-state index contributed by atoms with van der Waals surface area (Å²) in [4.78, 5) is 0. The van der Waals surface area contributed by atoms with Crippen LogP contribution in [0.1, 0.15) is 11.1 Å². The second kappa shape index (κ2) is 8.15. The third kappa shape index (κ3) is 4.82. The minimum atomic E-state index is 0.747. The molecule has 2 rings (SSSR count). The first-order valence-electron chi connectivity index (χ1n) is 6.92. The molecule has 0 unspecified atom stereocenters. The molecule has 1 N–H and O–H groups in total. The summed E-state index contributed by atoms with van der Waals surface area (Å²) < 4.78 is 16.0. The standard InChI is InChI=1S/C15H23NO3/c1-17-10-6-16-7-11-18-8-4-13-2-3-15-14(12-13)5-9-19-15/h2-3,12,16H,4-11H2,1H3. The number of nitrogens with one attached hydrogen (secondary N) is 1. The van der Waals surface area contributed by atoms with Gasteiger partial charge in [-0.25, -0.2) is 0 Å². The molecule has 19 heavy (non-hydrogen) atoms. The van der Waals surface area contributed by atoms with Crippen molar-refractivity contribution in [1.29, 1.82) is 0 Å². The molecule has 4 nitrogen and oxygen atoms in total. The molecule has 0 aromatic heterocycles. The Hall–Kier alpha value is -1.10. The van der Waals surface area contributed by atoms with Gasteiger partial charge in [0.2, 0.25) is 0 Å². The van der Waals surface area contributed by atoms with E-state index in [1.54, 1.807) is 7.11 Å². The Balaban J connectivity index is 1.56. The van der Waals surface area contributed by atoms with E-state index in [-0.39, 0.29) is 0 Å². The lowest BCUT2D eigenvalue weighted by molar-refractivity contribution is 0.135. The first-order valence-corrected chi connectivity index (χ1v) is 6.92. The van der Waals surface area contributed by atoms with Crippen molar-refractivity contribution in [2.45, 2.75) is 12.8 Å². The molecule has 106 valence electrons. The number of benzene rings is 1. The highest BCUT2D eigenvalue weighted by Gasteiger charge is 2.11. The third-order valence-electron chi connectivity index (χ3n) is 3.20. The summed E-state index contributed by atoms with van der Waals surface area (Å²) in [7, 11) is 1.71. The number of ether oxygens (including phenoxy) is 3. The van der Waals surface area contributed by atoms with Crippen LogP contribution in [0.4, 0.5) is 0 Å². The molecule has 1 heterocycles. The van der Waals surface area contributed by atoms with Gasteiger partial charge in [0.05, 0.1) is 26.4 Å². The van der Waals surface area contributed by atoms with Gasteiger partial charge in [-0.2, -0.15) is 0 Å². The molecule has 1 aliphatic rings. The van der Waals surface area contributed by atoms with Crippen molar-refractivity contribution < 1.29 is 14.2 Å². The zero-order valence-electron chi connectivity index (χ0n) is 11.6. The van der Waals surface area contributed by atoms with E-state index in [4.69, 9.17) is 14.2 Å². The minimum Gasteiger partial charge on any atom is -0.493 e. The molecule has 1 aromatic rings. The number of rotatable bonds is 9. The minimum absolute atomic E-state index is 0.747. The Morgan fingerprint density at radius 3 is 3.00 bits per heavy atom. The first-order chi connectivity index (χ1) is 9.40. The van der Waals surface area contributed by atoms with Crippen molar-refractivity contribution in [2.75, 3.05) is 46.6 Å². The van der Waals surface area contributed by atoms with Crippen molar-refractivity contribution in [2.24, 2.45) is 0 Å². The van der Waals surface area contributed by atoms with Crippen LogP contribution in [0.2, 0.25) is 0 Å². The fourth-order valence-electron chi connectivity index (χ4n) is 2.13. The Morgan fingerprint density at radius 1 is 1.21 bits per heavy atom. The number of hydrogen-bond acceptors (Lipinski definition) is 4. The fourth-order valence-corrected chi connectivity index (χ4v) is 2.13. The van der Waals surface area contributed by atoms with E-state index in [1.165, 1.54) is 11.1 Å². The average molecular weight is 265 g/mol. The predicted octanol–water partition coefficient (Wildman–Crippen LogP) is 1.42. The van der Waals surface area contributed by atoms with E-state index < -0.39 is 0 Å². The molecular weight excluding hydrogens is 242 g/mol. The summed E-state index contributed by atoms with van der Waals surface area (Å²) in [5, 5.41) is 3.25. The lowest BCUT2D eigenvalue weighted by Gasteiger charge is -2.07. The van der Waals surface area contributed by atoms with Crippen LogP contribution in [0.3, 0.4) is 0 Å². The van der Waals surface area contributed by atoms with E-state index in [9.17, 15) is 0 Å². The van der Waals surface area contributed by atoms with E-state index >= 15 is 0 Å². The fraction of sp³-hybridized carbons (Fsp3) is 0.600. The SMILES string of the molecule is COCCNCCOCCc1ccc2c(c1)CCO2. The van der Waals surface area contributed by atoms with Gasteiger partial charge in [-0.05, 0) is 23.6 Å². The van der Waals surface area contributed by atoms with E-state index in [0.29, 0.717) is 0 Å². The number of hydrogen-bond donors (Lipinski definition) is 1. The average Bonchev–Trinajstić information content (AvgIpc) is 2.89. The second-order valence-corrected chi connectivity index (χ2v) is 4.65. The Bertz CT molecular complexity index is 382. The number of methoxy groups -OCH3 is 1. The molecule has 4 heteroatoms. The lowest BCUT2D eigenvalue weighted by atomic mass is 10.1. The molecule has 1 aromatic carbocycles. The highest BCUT2D eigenvalue weighted by molar-refractivity contribution is 5.39. The van der Waals surface area contributed by atoms with Crippen molar-refractivity contribution in [3.8, 4) is 5.75 Å². The number of fused-ring (bicyclic) bond motifs is 1. The van der Waals surface area contributed by atoms with Crippen molar-refractivity contribution >= 4 is 0 Å². The van der Waals surface area contributed by atoms with Crippen LogP contribution in [0.15, 0.2) is 18.2 Å². The smallest absolute Gasteiger partial charge is 0.122 e. The molecule has 0 radical (unpaired) electrons. The van der Waals surface area contributed by atoms with E-state index in [2.05, 4.69) is 23.5 Å². The van der Waals surface area contributed by atoms with Gasteiger partial charge in [0, 0.05) is 26.6 Å². The van der Waals surface area contributed by atoms with Gasteiger partial charge in [0.1, 0.15) is 5.75 Å². The molecule has 1 aliphatic heterocycles. The Kier molecular flexibility index (Phi) is 6.14. The zero-order valence-corrected chi connectivity index (χ0v) is 11.6. The van der Waals surface area contributed by atoms with Crippen LogP contribution in [0, 0.1) is 0 Å².